The standard InChI is InChI=1S/C20H19Cl2N3O3/c21-13-9-14(22)11-15(10-13)25-19(27)12-17(20(25)28)24-7-5-23(6-8-24)16-3-1-2-4-18(16)26/h1-4,9-11,17,26H,5-8,12H2. The summed E-state index contributed by atoms with van der Waals surface area (Å²) in [7, 11) is 0. The first-order valence-corrected chi connectivity index (χ1v) is 9.88. The van der Waals surface area contributed by atoms with Crippen molar-refractivity contribution >= 4 is 46.4 Å². The zero-order valence-corrected chi connectivity index (χ0v) is 16.5. The largest absolute Gasteiger partial charge is 0.871 e. The maximum atomic E-state index is 13.0. The predicted octanol–water partition coefficient (Wildman–Crippen LogP) is 1.10. The quantitative estimate of drug-likeness (QED) is 0.756. The van der Waals surface area contributed by atoms with Crippen molar-refractivity contribution in [2.45, 2.75) is 12.5 Å². The summed E-state index contributed by atoms with van der Waals surface area (Å²) in [5.74, 6) is -0.466. The number of benzene rings is 2. The molecule has 1 unspecified atom stereocenters. The van der Waals surface area contributed by atoms with Gasteiger partial charge in [0.2, 0.25) is 5.91 Å². The van der Waals surface area contributed by atoms with Gasteiger partial charge in [-0.25, -0.2) is 4.90 Å². The van der Waals surface area contributed by atoms with Gasteiger partial charge in [-0.1, -0.05) is 47.2 Å². The zero-order valence-electron chi connectivity index (χ0n) is 15.0. The number of hydrogen-bond donors (Lipinski definition) is 1. The molecule has 2 saturated heterocycles. The van der Waals surface area contributed by atoms with Crippen LogP contribution in [0.2, 0.25) is 10.0 Å². The molecule has 0 bridgehead atoms. The molecule has 2 aromatic rings. The number of rotatable bonds is 3. The smallest absolute Gasteiger partial charge is 0.292 e. The molecular weight excluding hydrogens is 401 g/mol. The van der Waals surface area contributed by atoms with Gasteiger partial charge in [0, 0.05) is 15.7 Å². The molecule has 4 rings (SSSR count). The maximum Gasteiger partial charge on any atom is 0.292 e. The lowest BCUT2D eigenvalue weighted by Gasteiger charge is -2.37. The number of para-hydroxylation sites is 2. The fourth-order valence-electron chi connectivity index (χ4n) is 3.99. The van der Waals surface area contributed by atoms with Gasteiger partial charge in [-0.05, 0) is 24.3 Å². The van der Waals surface area contributed by atoms with Crippen LogP contribution >= 0.6 is 23.2 Å². The Bertz CT molecular complexity index is 908. The minimum absolute atomic E-state index is 0.00193. The van der Waals surface area contributed by atoms with Crippen LogP contribution in [-0.4, -0.2) is 44.0 Å². The minimum Gasteiger partial charge on any atom is -0.871 e. The van der Waals surface area contributed by atoms with Gasteiger partial charge in [-0.3, -0.25) is 9.59 Å². The van der Waals surface area contributed by atoms with Gasteiger partial charge in [0.25, 0.3) is 5.91 Å². The number of carbonyl (C=O) groups is 2. The third kappa shape index (κ3) is 3.55. The van der Waals surface area contributed by atoms with Gasteiger partial charge in [-0.15, -0.1) is 0 Å². The minimum atomic E-state index is -0.421. The van der Waals surface area contributed by atoms with Gasteiger partial charge < -0.3 is 14.9 Å². The molecule has 2 aliphatic rings. The van der Waals surface area contributed by atoms with Crippen LogP contribution < -0.4 is 19.8 Å². The molecule has 0 spiro atoms. The fraction of sp³-hybridized carbons (Fsp3) is 0.300. The molecule has 0 radical (unpaired) electrons. The summed E-state index contributed by atoms with van der Waals surface area (Å²) in [4.78, 5) is 29.8. The van der Waals surface area contributed by atoms with Gasteiger partial charge in [0.15, 0.2) is 6.04 Å². The number of anilines is 2. The Labute approximate surface area is 172 Å². The van der Waals surface area contributed by atoms with Crippen LogP contribution in [-0.2, 0) is 9.59 Å². The molecule has 2 aromatic carbocycles. The van der Waals surface area contributed by atoms with E-state index in [9.17, 15) is 14.7 Å². The number of piperazine rings is 1. The van der Waals surface area contributed by atoms with Crippen molar-refractivity contribution in [2.75, 3.05) is 36.0 Å². The Morgan fingerprint density at radius 3 is 2.29 bits per heavy atom. The number of nitrogens with one attached hydrogen (secondary N) is 1. The lowest BCUT2D eigenvalue weighted by atomic mass is 10.1. The second-order valence-electron chi connectivity index (χ2n) is 7.06. The van der Waals surface area contributed by atoms with E-state index >= 15 is 0 Å². The van der Waals surface area contributed by atoms with E-state index in [0.717, 1.165) is 4.90 Å². The number of imide groups is 1. The van der Waals surface area contributed by atoms with Crippen LogP contribution in [0.4, 0.5) is 11.4 Å². The van der Waals surface area contributed by atoms with Crippen LogP contribution in [0, 0.1) is 0 Å². The summed E-state index contributed by atoms with van der Waals surface area (Å²) < 4.78 is 0. The lowest BCUT2D eigenvalue weighted by Crippen LogP contribution is -3.19. The van der Waals surface area contributed by atoms with Crippen molar-refractivity contribution in [3.8, 4) is 5.75 Å². The Morgan fingerprint density at radius 2 is 1.64 bits per heavy atom. The van der Waals surface area contributed by atoms with Crippen molar-refractivity contribution in [3.05, 3.63) is 52.5 Å². The number of nitrogens with zero attached hydrogens (tertiary/aromatic N) is 2. The summed E-state index contributed by atoms with van der Waals surface area (Å²) in [6.45, 7) is 2.69. The van der Waals surface area contributed by atoms with Crippen LogP contribution in [0.3, 0.4) is 0 Å². The lowest BCUT2D eigenvalue weighted by molar-refractivity contribution is -0.915. The van der Waals surface area contributed by atoms with Crippen LogP contribution in [0.1, 0.15) is 6.42 Å². The third-order valence-electron chi connectivity index (χ3n) is 5.36. The number of halogens is 2. The molecule has 0 aliphatic carbocycles. The summed E-state index contributed by atoms with van der Waals surface area (Å²) in [5.41, 5.74) is 1.10. The molecule has 2 heterocycles. The molecule has 8 heteroatoms. The third-order valence-corrected chi connectivity index (χ3v) is 5.79. The molecule has 2 amide bonds. The molecule has 1 N–H and O–H groups in total. The van der Waals surface area contributed by atoms with Crippen LogP contribution in [0.25, 0.3) is 0 Å². The van der Waals surface area contributed by atoms with Crippen molar-refractivity contribution in [1.29, 1.82) is 0 Å². The van der Waals surface area contributed by atoms with Crippen LogP contribution in [0.15, 0.2) is 42.5 Å². The van der Waals surface area contributed by atoms with E-state index in [1.165, 1.54) is 4.90 Å². The molecule has 28 heavy (non-hydrogen) atoms. The molecule has 0 saturated carbocycles. The molecule has 1 atom stereocenters. The van der Waals surface area contributed by atoms with Crippen molar-refractivity contribution in [3.63, 3.8) is 0 Å². The molecule has 2 fully saturated rings. The highest BCUT2D eigenvalue weighted by molar-refractivity contribution is 6.35. The first kappa shape index (κ1) is 19.1. The normalized spacial score (nSPS) is 20.9. The summed E-state index contributed by atoms with van der Waals surface area (Å²) >= 11 is 12.1. The highest BCUT2D eigenvalue weighted by Crippen LogP contribution is 2.29. The van der Waals surface area contributed by atoms with E-state index < -0.39 is 6.04 Å². The summed E-state index contributed by atoms with van der Waals surface area (Å²) in [6, 6.07) is 11.2. The average Bonchev–Trinajstić information content (AvgIpc) is 2.96. The number of quaternary nitrogens is 1. The van der Waals surface area contributed by atoms with E-state index in [0.29, 0.717) is 47.6 Å². The molecule has 6 nitrogen and oxygen atoms in total. The van der Waals surface area contributed by atoms with Gasteiger partial charge >= 0.3 is 0 Å². The van der Waals surface area contributed by atoms with Gasteiger partial charge in [0.1, 0.15) is 0 Å². The maximum absolute atomic E-state index is 13.0. The monoisotopic (exact) mass is 419 g/mol. The predicted molar refractivity (Wildman–Crippen MR) is 106 cm³/mol. The van der Waals surface area contributed by atoms with Gasteiger partial charge in [-0.2, -0.15) is 0 Å². The fourth-order valence-corrected chi connectivity index (χ4v) is 4.51. The zero-order chi connectivity index (χ0) is 19.8. The summed E-state index contributed by atoms with van der Waals surface area (Å²) in [5, 5.41) is 12.8. The van der Waals surface area contributed by atoms with E-state index in [1.54, 1.807) is 30.3 Å². The SMILES string of the molecule is O=C1CC([NH+]2CCN(c3ccccc3[O-])CC2)C(=O)N1c1cc(Cl)cc(Cl)c1. The molecule has 0 aromatic heterocycles. The number of amides is 2. The Balaban J connectivity index is 1.47. The average molecular weight is 420 g/mol. The topological polar surface area (TPSA) is 68.1 Å². The van der Waals surface area contributed by atoms with E-state index in [2.05, 4.69) is 0 Å². The van der Waals surface area contributed by atoms with Crippen molar-refractivity contribution in [2.24, 2.45) is 0 Å². The van der Waals surface area contributed by atoms with Crippen molar-refractivity contribution in [1.82, 2.24) is 0 Å². The van der Waals surface area contributed by atoms with E-state index in [1.807, 2.05) is 17.0 Å². The van der Waals surface area contributed by atoms with Gasteiger partial charge in [0.05, 0.1) is 38.3 Å². The number of hydrogen-bond acceptors (Lipinski definition) is 4. The second-order valence-corrected chi connectivity index (χ2v) is 7.94. The molecule has 146 valence electrons. The first-order valence-electron chi connectivity index (χ1n) is 9.12. The van der Waals surface area contributed by atoms with Crippen LogP contribution in [0.5, 0.6) is 5.75 Å². The second kappa shape index (κ2) is 7.62. The highest BCUT2D eigenvalue weighted by atomic mass is 35.5. The molecular formula is C20H19Cl2N3O3. The highest BCUT2D eigenvalue weighted by Gasteiger charge is 2.46. The Morgan fingerprint density at radius 1 is 1.00 bits per heavy atom. The van der Waals surface area contributed by atoms with E-state index in [4.69, 9.17) is 23.2 Å². The number of carbonyl (C=O) groups excluding carboxylic acids is 2. The molecule has 2 aliphatic heterocycles. The first-order chi connectivity index (χ1) is 13.4. The summed E-state index contributed by atoms with van der Waals surface area (Å²) in [6.07, 6.45) is 0.163. The Kier molecular flexibility index (Phi) is 5.19. The van der Waals surface area contributed by atoms with Crippen molar-refractivity contribution < 1.29 is 19.6 Å². The Hall–Kier alpha value is -2.28. The van der Waals surface area contributed by atoms with E-state index in [-0.39, 0.29) is 24.0 Å².